The van der Waals surface area contributed by atoms with Crippen LogP contribution in [0.15, 0.2) is 24.4 Å². The molecule has 1 aromatic heterocycles. The molecule has 90 valence electrons. The number of nitrogens with zero attached hydrogens (tertiary/aromatic N) is 2. The van der Waals surface area contributed by atoms with E-state index < -0.39 is 17.7 Å². The summed E-state index contributed by atoms with van der Waals surface area (Å²) < 4.78 is 26.7. The first-order valence-corrected chi connectivity index (χ1v) is 4.89. The van der Waals surface area contributed by atoms with Crippen LogP contribution in [0.1, 0.15) is 12.0 Å². The average Bonchev–Trinajstić information content (AvgIpc) is 2.60. The van der Waals surface area contributed by atoms with E-state index in [1.54, 1.807) is 7.05 Å². The molecule has 0 saturated carbocycles. The third-order valence-corrected chi connectivity index (χ3v) is 2.56. The van der Waals surface area contributed by atoms with Gasteiger partial charge in [0.05, 0.1) is 11.8 Å². The SMILES string of the molecule is Cn1ncc(-c2ccc(O)c(C(F)F)c2)c1N. The van der Waals surface area contributed by atoms with Gasteiger partial charge in [0.25, 0.3) is 6.43 Å². The molecule has 4 nitrogen and oxygen atoms in total. The Bertz CT molecular complexity index is 552. The molecule has 0 aliphatic carbocycles. The number of nitrogen functional groups attached to an aromatic ring is 1. The van der Waals surface area contributed by atoms with Gasteiger partial charge in [0.2, 0.25) is 0 Å². The Balaban J connectivity index is 2.54. The van der Waals surface area contributed by atoms with Gasteiger partial charge in [0.15, 0.2) is 0 Å². The number of nitrogens with two attached hydrogens (primary N) is 1. The van der Waals surface area contributed by atoms with Crippen LogP contribution in [0.2, 0.25) is 0 Å². The summed E-state index contributed by atoms with van der Waals surface area (Å²) in [5, 5.41) is 13.2. The van der Waals surface area contributed by atoms with Crippen molar-refractivity contribution in [3.05, 3.63) is 30.0 Å². The van der Waals surface area contributed by atoms with Gasteiger partial charge in [0.1, 0.15) is 11.6 Å². The van der Waals surface area contributed by atoms with Crippen LogP contribution in [0.4, 0.5) is 14.6 Å². The number of hydrogen-bond donors (Lipinski definition) is 2. The van der Waals surface area contributed by atoms with Gasteiger partial charge in [-0.1, -0.05) is 6.07 Å². The van der Waals surface area contributed by atoms with Crippen molar-refractivity contribution in [2.75, 3.05) is 5.73 Å². The molecule has 1 aromatic carbocycles. The van der Waals surface area contributed by atoms with Crippen LogP contribution in [-0.2, 0) is 7.05 Å². The van der Waals surface area contributed by atoms with E-state index in [-0.39, 0.29) is 0 Å². The number of aromatic hydroxyl groups is 1. The second-order valence-corrected chi connectivity index (χ2v) is 3.64. The summed E-state index contributed by atoms with van der Waals surface area (Å²) in [7, 11) is 1.66. The van der Waals surface area contributed by atoms with Crippen molar-refractivity contribution in [3.8, 4) is 16.9 Å². The first-order chi connectivity index (χ1) is 8.00. The van der Waals surface area contributed by atoms with Crippen LogP contribution >= 0.6 is 0 Å². The minimum atomic E-state index is -2.73. The van der Waals surface area contributed by atoms with E-state index in [4.69, 9.17) is 5.73 Å². The van der Waals surface area contributed by atoms with Gasteiger partial charge in [-0.2, -0.15) is 5.10 Å². The van der Waals surface area contributed by atoms with E-state index in [9.17, 15) is 13.9 Å². The number of rotatable bonds is 2. The number of aromatic nitrogens is 2. The number of phenols is 1. The molecule has 0 amide bonds. The maximum absolute atomic E-state index is 12.6. The van der Waals surface area contributed by atoms with Gasteiger partial charge < -0.3 is 10.8 Å². The normalized spacial score (nSPS) is 11.1. The lowest BCUT2D eigenvalue weighted by atomic mass is 10.0. The number of benzene rings is 1. The molecule has 0 aliphatic heterocycles. The zero-order valence-electron chi connectivity index (χ0n) is 9.06. The lowest BCUT2D eigenvalue weighted by Gasteiger charge is -2.06. The zero-order chi connectivity index (χ0) is 12.6. The molecule has 3 N–H and O–H groups in total. The Labute approximate surface area is 96.3 Å². The smallest absolute Gasteiger partial charge is 0.267 e. The minimum Gasteiger partial charge on any atom is -0.507 e. The molecule has 0 fully saturated rings. The number of halogens is 2. The van der Waals surface area contributed by atoms with Gasteiger partial charge in [-0.25, -0.2) is 8.78 Å². The summed E-state index contributed by atoms with van der Waals surface area (Å²) in [5.74, 6) is -0.0397. The molecule has 2 rings (SSSR count). The van der Waals surface area contributed by atoms with Crippen molar-refractivity contribution in [2.45, 2.75) is 6.43 Å². The van der Waals surface area contributed by atoms with Crippen LogP contribution in [0.25, 0.3) is 11.1 Å². The largest absolute Gasteiger partial charge is 0.507 e. The Morgan fingerprint density at radius 3 is 2.65 bits per heavy atom. The summed E-state index contributed by atoms with van der Waals surface area (Å²) >= 11 is 0. The monoisotopic (exact) mass is 239 g/mol. The van der Waals surface area contributed by atoms with Gasteiger partial charge in [-0.3, -0.25) is 4.68 Å². The Hall–Kier alpha value is -2.11. The van der Waals surface area contributed by atoms with E-state index in [1.807, 2.05) is 0 Å². The fourth-order valence-electron chi connectivity index (χ4n) is 1.57. The third-order valence-electron chi connectivity index (χ3n) is 2.56. The van der Waals surface area contributed by atoms with Crippen molar-refractivity contribution in [3.63, 3.8) is 0 Å². The van der Waals surface area contributed by atoms with E-state index in [0.29, 0.717) is 16.9 Å². The molecular formula is C11H11F2N3O. The highest BCUT2D eigenvalue weighted by Crippen LogP contribution is 2.34. The molecule has 0 spiro atoms. The average molecular weight is 239 g/mol. The predicted molar refractivity (Wildman–Crippen MR) is 59.7 cm³/mol. The molecule has 0 bridgehead atoms. The maximum atomic E-state index is 12.6. The first kappa shape index (κ1) is 11.4. The Morgan fingerprint density at radius 1 is 1.41 bits per heavy atom. The standard InChI is InChI=1S/C11H11F2N3O/c1-16-11(14)8(5-15-16)6-2-3-9(17)7(4-6)10(12)13/h2-5,10,17H,14H2,1H3. The van der Waals surface area contributed by atoms with Gasteiger partial charge in [-0.15, -0.1) is 0 Å². The molecule has 6 heteroatoms. The summed E-state index contributed by atoms with van der Waals surface area (Å²) in [4.78, 5) is 0. The van der Waals surface area contributed by atoms with Crippen molar-refractivity contribution in [1.29, 1.82) is 0 Å². The van der Waals surface area contributed by atoms with Crippen molar-refractivity contribution >= 4 is 5.82 Å². The molecule has 0 aliphatic rings. The second-order valence-electron chi connectivity index (χ2n) is 3.64. The van der Waals surface area contributed by atoms with E-state index in [0.717, 1.165) is 0 Å². The molecule has 2 aromatic rings. The molecule has 0 radical (unpaired) electrons. The molecule has 0 unspecified atom stereocenters. The molecule has 1 heterocycles. The number of alkyl halides is 2. The highest BCUT2D eigenvalue weighted by molar-refractivity contribution is 5.74. The summed E-state index contributed by atoms with van der Waals surface area (Å²) in [6.45, 7) is 0. The highest BCUT2D eigenvalue weighted by Gasteiger charge is 2.15. The lowest BCUT2D eigenvalue weighted by molar-refractivity contribution is 0.147. The number of phenolic OH excluding ortho intramolecular Hbond substituents is 1. The Kier molecular flexibility index (Phi) is 2.71. The van der Waals surface area contributed by atoms with Crippen molar-refractivity contribution < 1.29 is 13.9 Å². The molecule has 0 atom stereocenters. The minimum absolute atomic E-state index is 0.385. The van der Waals surface area contributed by atoms with Crippen LogP contribution in [0.5, 0.6) is 5.75 Å². The molecule has 17 heavy (non-hydrogen) atoms. The van der Waals surface area contributed by atoms with Crippen LogP contribution < -0.4 is 5.73 Å². The van der Waals surface area contributed by atoms with Gasteiger partial charge in [-0.05, 0) is 17.7 Å². The molecule has 0 saturated heterocycles. The number of anilines is 1. The zero-order valence-corrected chi connectivity index (χ0v) is 9.06. The lowest BCUT2D eigenvalue weighted by Crippen LogP contribution is -1.98. The number of aryl methyl sites for hydroxylation is 1. The maximum Gasteiger partial charge on any atom is 0.267 e. The predicted octanol–water partition coefficient (Wildman–Crippen LogP) is 2.31. The topological polar surface area (TPSA) is 64.1 Å². The summed E-state index contributed by atoms with van der Waals surface area (Å²) in [5.41, 5.74) is 6.41. The summed E-state index contributed by atoms with van der Waals surface area (Å²) in [6, 6.07) is 3.96. The van der Waals surface area contributed by atoms with E-state index in [2.05, 4.69) is 5.10 Å². The van der Waals surface area contributed by atoms with Crippen LogP contribution in [0, 0.1) is 0 Å². The van der Waals surface area contributed by atoms with Crippen molar-refractivity contribution in [2.24, 2.45) is 7.05 Å². The highest BCUT2D eigenvalue weighted by atomic mass is 19.3. The quantitative estimate of drug-likeness (QED) is 0.845. The Morgan fingerprint density at radius 2 is 2.12 bits per heavy atom. The van der Waals surface area contributed by atoms with Crippen LogP contribution in [0.3, 0.4) is 0 Å². The first-order valence-electron chi connectivity index (χ1n) is 4.89. The van der Waals surface area contributed by atoms with Crippen molar-refractivity contribution in [1.82, 2.24) is 9.78 Å². The summed E-state index contributed by atoms with van der Waals surface area (Å²) in [6.07, 6.45) is -1.23. The fraction of sp³-hybridized carbons (Fsp3) is 0.182. The van der Waals surface area contributed by atoms with Crippen LogP contribution in [-0.4, -0.2) is 14.9 Å². The van der Waals surface area contributed by atoms with E-state index >= 15 is 0 Å². The molecular weight excluding hydrogens is 228 g/mol. The fourth-order valence-corrected chi connectivity index (χ4v) is 1.57. The van der Waals surface area contributed by atoms with Gasteiger partial charge >= 0.3 is 0 Å². The third kappa shape index (κ3) is 1.93. The van der Waals surface area contributed by atoms with Gasteiger partial charge in [0, 0.05) is 12.6 Å². The number of hydrogen-bond acceptors (Lipinski definition) is 3. The van der Waals surface area contributed by atoms with E-state index in [1.165, 1.54) is 29.1 Å². The second kappa shape index (κ2) is 4.04.